The maximum absolute atomic E-state index is 11.3. The van der Waals surface area contributed by atoms with Crippen LogP contribution in [0.25, 0.3) is 0 Å². The molecule has 0 aromatic rings. The van der Waals surface area contributed by atoms with E-state index < -0.39 is 29.8 Å². The first-order valence-electron chi connectivity index (χ1n) is 6.55. The number of esters is 1. The molecule has 0 radical (unpaired) electrons. The van der Waals surface area contributed by atoms with Crippen LogP contribution in [-0.2, 0) is 14.3 Å². The van der Waals surface area contributed by atoms with Crippen molar-refractivity contribution in [1.82, 2.24) is 0 Å². The number of aliphatic hydroxyl groups excluding tert-OH is 1. The van der Waals surface area contributed by atoms with Gasteiger partial charge in [0.25, 0.3) is 5.79 Å². The van der Waals surface area contributed by atoms with Crippen molar-refractivity contribution in [1.29, 1.82) is 0 Å². The van der Waals surface area contributed by atoms with Crippen molar-refractivity contribution >= 4 is 11.9 Å². The van der Waals surface area contributed by atoms with Crippen LogP contribution in [0.1, 0.15) is 45.4 Å². The molecule has 0 aromatic carbocycles. The molecule has 0 aromatic heterocycles. The van der Waals surface area contributed by atoms with Crippen LogP contribution in [-0.4, -0.2) is 60.4 Å². The second kappa shape index (κ2) is 8.25. The molecule has 0 saturated carbocycles. The van der Waals surface area contributed by atoms with Gasteiger partial charge < -0.3 is 35.4 Å². The molecule has 9 nitrogen and oxygen atoms in total. The van der Waals surface area contributed by atoms with Crippen LogP contribution in [0.15, 0.2) is 0 Å². The highest BCUT2D eigenvalue weighted by atomic mass is 16.8. The van der Waals surface area contributed by atoms with E-state index in [2.05, 4.69) is 4.74 Å². The van der Waals surface area contributed by atoms with Crippen LogP contribution in [0, 0.1) is 0 Å². The Labute approximate surface area is 121 Å². The summed E-state index contributed by atoms with van der Waals surface area (Å²) >= 11 is 0. The lowest BCUT2D eigenvalue weighted by Gasteiger charge is -2.36. The molecule has 1 atom stereocenters. The SMILES string of the molecule is CCCC(O)C(O)(O)C(O)(O)OC(=O)CCCCC(=O)O. The Bertz CT molecular complexity index is 351. The van der Waals surface area contributed by atoms with Crippen LogP contribution in [0.4, 0.5) is 0 Å². The lowest BCUT2D eigenvalue weighted by molar-refractivity contribution is -0.462. The molecule has 0 aliphatic heterocycles. The summed E-state index contributed by atoms with van der Waals surface area (Å²) in [6.07, 6.45) is -1.97. The average molecular weight is 310 g/mol. The van der Waals surface area contributed by atoms with Gasteiger partial charge in [0.2, 0.25) is 0 Å². The normalized spacial score (nSPS) is 13.8. The quantitative estimate of drug-likeness (QED) is 0.162. The Morgan fingerprint density at radius 2 is 1.62 bits per heavy atom. The average Bonchev–Trinajstić information content (AvgIpc) is 2.33. The molecule has 1 unspecified atom stereocenters. The topological polar surface area (TPSA) is 165 Å². The maximum atomic E-state index is 11.3. The number of unbranched alkanes of at least 4 members (excludes halogenated alkanes) is 1. The first-order valence-corrected chi connectivity index (χ1v) is 6.55. The fourth-order valence-electron chi connectivity index (χ4n) is 1.52. The zero-order valence-corrected chi connectivity index (χ0v) is 11.7. The van der Waals surface area contributed by atoms with Crippen LogP contribution in [0.2, 0.25) is 0 Å². The summed E-state index contributed by atoms with van der Waals surface area (Å²) in [4.78, 5) is 21.6. The van der Waals surface area contributed by atoms with Crippen LogP contribution < -0.4 is 0 Å². The van der Waals surface area contributed by atoms with E-state index in [1.54, 1.807) is 6.92 Å². The van der Waals surface area contributed by atoms with Gasteiger partial charge in [0.05, 0.1) is 0 Å². The molecule has 0 spiro atoms. The summed E-state index contributed by atoms with van der Waals surface area (Å²) in [6.45, 7) is 1.62. The fraction of sp³-hybridized carbons (Fsp3) is 0.833. The number of carboxylic acid groups (broad SMARTS) is 1. The van der Waals surface area contributed by atoms with E-state index in [1.165, 1.54) is 0 Å². The van der Waals surface area contributed by atoms with E-state index in [4.69, 9.17) is 5.11 Å². The third-order valence-corrected chi connectivity index (χ3v) is 2.78. The van der Waals surface area contributed by atoms with Gasteiger partial charge in [0.15, 0.2) is 0 Å². The Morgan fingerprint density at radius 1 is 1.10 bits per heavy atom. The van der Waals surface area contributed by atoms with Crippen molar-refractivity contribution in [3.63, 3.8) is 0 Å². The van der Waals surface area contributed by atoms with E-state index in [-0.39, 0.29) is 32.1 Å². The largest absolute Gasteiger partial charge is 0.481 e. The molecule has 0 aliphatic carbocycles. The van der Waals surface area contributed by atoms with E-state index in [1.807, 2.05) is 0 Å². The number of hydrogen-bond acceptors (Lipinski definition) is 8. The molecule has 0 fully saturated rings. The van der Waals surface area contributed by atoms with Crippen LogP contribution in [0.3, 0.4) is 0 Å². The van der Waals surface area contributed by atoms with Gasteiger partial charge >= 0.3 is 17.9 Å². The minimum Gasteiger partial charge on any atom is -0.481 e. The molecular weight excluding hydrogens is 288 g/mol. The van der Waals surface area contributed by atoms with Gasteiger partial charge in [-0.05, 0) is 19.3 Å². The molecule has 0 aliphatic rings. The molecule has 0 rings (SSSR count). The summed E-state index contributed by atoms with van der Waals surface area (Å²) < 4.78 is 4.14. The number of aliphatic carboxylic acids is 1. The lowest BCUT2D eigenvalue weighted by Crippen LogP contribution is -2.63. The Morgan fingerprint density at radius 3 is 2.10 bits per heavy atom. The number of ether oxygens (including phenoxy) is 1. The monoisotopic (exact) mass is 310 g/mol. The van der Waals surface area contributed by atoms with Crippen molar-refractivity contribution in [2.24, 2.45) is 0 Å². The second-order valence-corrected chi connectivity index (χ2v) is 4.71. The maximum Gasteiger partial charge on any atom is 0.384 e. The summed E-state index contributed by atoms with van der Waals surface area (Å²) in [5.41, 5.74) is 0. The van der Waals surface area contributed by atoms with Crippen molar-refractivity contribution < 1.29 is 45.0 Å². The van der Waals surface area contributed by atoms with E-state index in [9.17, 15) is 35.1 Å². The molecule has 124 valence electrons. The number of carboxylic acids is 1. The predicted molar refractivity (Wildman–Crippen MR) is 67.4 cm³/mol. The molecular formula is C12H22O9. The minimum atomic E-state index is -3.68. The van der Waals surface area contributed by atoms with Crippen LogP contribution >= 0.6 is 0 Å². The Kier molecular flexibility index (Phi) is 7.75. The van der Waals surface area contributed by atoms with Crippen molar-refractivity contribution in [2.45, 2.75) is 63.3 Å². The molecule has 0 amide bonds. The Hall–Kier alpha value is -1.26. The number of aliphatic hydroxyl groups is 5. The number of hydrogen-bond donors (Lipinski definition) is 6. The summed E-state index contributed by atoms with van der Waals surface area (Å²) in [5, 5.41) is 55.6. The third-order valence-electron chi connectivity index (χ3n) is 2.78. The van der Waals surface area contributed by atoms with E-state index >= 15 is 0 Å². The zero-order valence-electron chi connectivity index (χ0n) is 11.7. The minimum absolute atomic E-state index is 0.114. The first kappa shape index (κ1) is 19.7. The standard InChI is InChI=1S/C12H22O9/c1-2-5-8(13)11(17,18)12(19,20)21-10(16)7-4-3-6-9(14)15/h8,13,17-20H,2-7H2,1H3,(H,14,15). The molecule has 6 N–H and O–H groups in total. The predicted octanol–water partition coefficient (Wildman–Crippen LogP) is -1.35. The van der Waals surface area contributed by atoms with Crippen LogP contribution in [0.5, 0.6) is 0 Å². The third kappa shape index (κ3) is 6.36. The van der Waals surface area contributed by atoms with Gasteiger partial charge in [0, 0.05) is 12.8 Å². The van der Waals surface area contributed by atoms with Gasteiger partial charge in [-0.1, -0.05) is 13.3 Å². The summed E-state index contributed by atoms with van der Waals surface area (Å²) in [6, 6.07) is 0. The van der Waals surface area contributed by atoms with Crippen molar-refractivity contribution in [2.75, 3.05) is 0 Å². The molecule has 21 heavy (non-hydrogen) atoms. The first-order chi connectivity index (χ1) is 9.54. The van der Waals surface area contributed by atoms with Crippen molar-refractivity contribution in [3.8, 4) is 0 Å². The molecule has 0 saturated heterocycles. The zero-order chi connectivity index (χ0) is 16.7. The summed E-state index contributed by atoms with van der Waals surface area (Å²) in [7, 11) is 0. The highest BCUT2D eigenvalue weighted by Crippen LogP contribution is 2.25. The highest BCUT2D eigenvalue weighted by Gasteiger charge is 2.56. The Balaban J connectivity index is 4.44. The van der Waals surface area contributed by atoms with Gasteiger partial charge in [-0.25, -0.2) is 0 Å². The number of rotatable bonds is 10. The lowest BCUT2D eigenvalue weighted by atomic mass is 10.0. The van der Waals surface area contributed by atoms with E-state index in [0.29, 0.717) is 6.42 Å². The number of carbonyl (C=O) groups excluding carboxylic acids is 1. The smallest absolute Gasteiger partial charge is 0.384 e. The van der Waals surface area contributed by atoms with E-state index in [0.717, 1.165) is 0 Å². The molecule has 9 heteroatoms. The van der Waals surface area contributed by atoms with Gasteiger partial charge in [-0.3, -0.25) is 9.59 Å². The second-order valence-electron chi connectivity index (χ2n) is 4.71. The number of carbonyl (C=O) groups is 2. The fourth-order valence-corrected chi connectivity index (χ4v) is 1.52. The van der Waals surface area contributed by atoms with Crippen molar-refractivity contribution in [3.05, 3.63) is 0 Å². The molecule has 0 bridgehead atoms. The van der Waals surface area contributed by atoms with Gasteiger partial charge in [-0.15, -0.1) is 0 Å². The van der Waals surface area contributed by atoms with Gasteiger partial charge in [0.1, 0.15) is 6.10 Å². The summed E-state index contributed by atoms with van der Waals surface area (Å²) in [5.74, 6) is -9.32. The van der Waals surface area contributed by atoms with Gasteiger partial charge in [-0.2, -0.15) is 0 Å². The molecule has 0 heterocycles. The highest BCUT2D eigenvalue weighted by molar-refractivity contribution is 5.70.